The summed E-state index contributed by atoms with van der Waals surface area (Å²) in [5.74, 6) is -0.896. The number of carboxylic acids is 1. The minimum atomic E-state index is -1.32. The van der Waals surface area contributed by atoms with Crippen LogP contribution >= 0.6 is 0 Å². The largest absolute Gasteiger partial charge is 0.487 e. The maximum atomic E-state index is 11.0. The lowest BCUT2D eigenvalue weighted by atomic mass is 9.98. The van der Waals surface area contributed by atoms with E-state index in [0.29, 0.717) is 12.8 Å². The summed E-state index contributed by atoms with van der Waals surface area (Å²) in [6.45, 7) is 3.51. The maximum absolute atomic E-state index is 11.0. The lowest BCUT2D eigenvalue weighted by molar-refractivity contribution is -0.385. The van der Waals surface area contributed by atoms with Crippen LogP contribution < -0.4 is 10.5 Å². The highest BCUT2D eigenvalue weighted by molar-refractivity contribution is 5.77. The van der Waals surface area contributed by atoms with E-state index in [1.807, 2.05) is 6.92 Å². The van der Waals surface area contributed by atoms with Crippen molar-refractivity contribution in [2.45, 2.75) is 38.6 Å². The first-order valence-electron chi connectivity index (χ1n) is 6.70. The van der Waals surface area contributed by atoms with Crippen LogP contribution in [0.15, 0.2) is 18.2 Å². The van der Waals surface area contributed by atoms with Gasteiger partial charge < -0.3 is 15.6 Å². The lowest BCUT2D eigenvalue weighted by Gasteiger charge is -2.18. The molecule has 0 saturated carbocycles. The molecule has 7 nitrogen and oxygen atoms in total. The van der Waals surface area contributed by atoms with Crippen molar-refractivity contribution in [3.63, 3.8) is 0 Å². The summed E-state index contributed by atoms with van der Waals surface area (Å²) < 4.78 is 5.38. The molecule has 0 saturated heterocycles. The van der Waals surface area contributed by atoms with Crippen LogP contribution in [0.3, 0.4) is 0 Å². The minimum Gasteiger partial charge on any atom is -0.487 e. The van der Waals surface area contributed by atoms with Crippen LogP contribution in [0.5, 0.6) is 5.75 Å². The highest BCUT2D eigenvalue weighted by atomic mass is 16.6. The number of aryl methyl sites for hydroxylation is 1. The van der Waals surface area contributed by atoms with Gasteiger partial charge in [0.2, 0.25) is 0 Å². The molecule has 0 aromatic heterocycles. The second-order valence-corrected chi connectivity index (χ2v) is 5.09. The molecule has 0 amide bonds. The fraction of sp³-hybridized carbons (Fsp3) is 0.500. The predicted molar refractivity (Wildman–Crippen MR) is 77.4 cm³/mol. The van der Waals surface area contributed by atoms with Crippen LogP contribution in [0.2, 0.25) is 0 Å². The van der Waals surface area contributed by atoms with Gasteiger partial charge in [-0.15, -0.1) is 0 Å². The van der Waals surface area contributed by atoms with Crippen molar-refractivity contribution in [3.8, 4) is 5.75 Å². The van der Waals surface area contributed by atoms with E-state index in [1.54, 1.807) is 12.1 Å². The van der Waals surface area contributed by atoms with Crippen molar-refractivity contribution >= 4 is 11.7 Å². The van der Waals surface area contributed by atoms with E-state index in [4.69, 9.17) is 15.6 Å². The van der Waals surface area contributed by atoms with Crippen molar-refractivity contribution in [1.29, 1.82) is 0 Å². The van der Waals surface area contributed by atoms with Gasteiger partial charge in [-0.25, -0.2) is 0 Å². The number of carboxylic acid groups (broad SMARTS) is 1. The van der Waals surface area contributed by atoms with Gasteiger partial charge in [-0.1, -0.05) is 13.0 Å². The van der Waals surface area contributed by atoms with Crippen molar-refractivity contribution in [3.05, 3.63) is 33.9 Å². The second kappa shape index (κ2) is 7.03. The molecule has 3 N–H and O–H groups in total. The standard InChI is InChI=1S/C14H20N2O5/c1-3-10-5-6-12(11(9-10)16(19)20)21-8-4-7-14(2,15)13(17)18/h5-6,9H,3-4,7-8,15H2,1-2H3,(H,17,18). The molecular formula is C14H20N2O5. The first kappa shape index (κ1) is 16.9. The molecule has 1 unspecified atom stereocenters. The number of aliphatic carboxylic acids is 1. The molecule has 1 aromatic carbocycles. The normalized spacial score (nSPS) is 13.5. The summed E-state index contributed by atoms with van der Waals surface area (Å²) in [6.07, 6.45) is 1.32. The Labute approximate surface area is 122 Å². The SMILES string of the molecule is CCc1ccc(OCCCC(C)(N)C(=O)O)c([N+](=O)[O-])c1. The van der Waals surface area contributed by atoms with Crippen molar-refractivity contribution in [2.75, 3.05) is 6.61 Å². The summed E-state index contributed by atoms with van der Waals surface area (Å²) in [6, 6.07) is 4.82. The Balaban J connectivity index is 2.64. The molecule has 7 heteroatoms. The predicted octanol–water partition coefficient (Wildman–Crippen LogP) is 2.12. The number of carbonyl (C=O) groups is 1. The number of nitrogens with zero attached hydrogens (tertiary/aromatic N) is 1. The molecule has 0 heterocycles. The van der Waals surface area contributed by atoms with Gasteiger partial charge in [0, 0.05) is 6.07 Å². The Morgan fingerprint density at radius 2 is 2.19 bits per heavy atom. The molecule has 0 fully saturated rings. The fourth-order valence-corrected chi connectivity index (χ4v) is 1.78. The zero-order valence-electron chi connectivity index (χ0n) is 12.2. The summed E-state index contributed by atoms with van der Waals surface area (Å²) in [7, 11) is 0. The van der Waals surface area contributed by atoms with E-state index in [-0.39, 0.29) is 24.5 Å². The Hall–Kier alpha value is -2.15. The van der Waals surface area contributed by atoms with Crippen LogP contribution in [0.25, 0.3) is 0 Å². The molecular weight excluding hydrogens is 276 g/mol. The number of nitro groups is 1. The van der Waals surface area contributed by atoms with Crippen LogP contribution in [-0.2, 0) is 11.2 Å². The third-order valence-corrected chi connectivity index (χ3v) is 3.21. The minimum absolute atomic E-state index is 0.0805. The number of ether oxygens (including phenoxy) is 1. The van der Waals surface area contributed by atoms with E-state index in [0.717, 1.165) is 5.56 Å². The van der Waals surface area contributed by atoms with Gasteiger partial charge in [0.25, 0.3) is 0 Å². The molecule has 0 aliphatic rings. The molecule has 0 aliphatic heterocycles. The molecule has 116 valence electrons. The lowest BCUT2D eigenvalue weighted by Crippen LogP contribution is -2.44. The maximum Gasteiger partial charge on any atom is 0.323 e. The second-order valence-electron chi connectivity index (χ2n) is 5.09. The third-order valence-electron chi connectivity index (χ3n) is 3.21. The van der Waals surface area contributed by atoms with Crippen LogP contribution in [-0.4, -0.2) is 28.1 Å². The van der Waals surface area contributed by atoms with E-state index in [2.05, 4.69) is 0 Å². The smallest absolute Gasteiger partial charge is 0.323 e. The summed E-state index contributed by atoms with van der Waals surface area (Å²) in [5.41, 5.74) is 5.05. The Morgan fingerprint density at radius 3 is 2.71 bits per heavy atom. The first-order chi connectivity index (χ1) is 9.77. The first-order valence-corrected chi connectivity index (χ1v) is 6.70. The Bertz CT molecular complexity index is 528. The molecule has 21 heavy (non-hydrogen) atoms. The van der Waals surface area contributed by atoms with Crippen molar-refractivity contribution < 1.29 is 19.6 Å². The number of rotatable bonds is 8. The van der Waals surface area contributed by atoms with Crippen molar-refractivity contribution in [1.82, 2.24) is 0 Å². The van der Waals surface area contributed by atoms with E-state index >= 15 is 0 Å². The van der Waals surface area contributed by atoms with Gasteiger partial charge in [0.1, 0.15) is 5.54 Å². The van der Waals surface area contributed by atoms with Crippen LogP contribution in [0.4, 0.5) is 5.69 Å². The Kier molecular flexibility index (Phi) is 5.66. The molecule has 1 aromatic rings. The van der Waals surface area contributed by atoms with Gasteiger partial charge in [-0.2, -0.15) is 0 Å². The van der Waals surface area contributed by atoms with Crippen LogP contribution in [0, 0.1) is 10.1 Å². The fourth-order valence-electron chi connectivity index (χ4n) is 1.78. The van der Waals surface area contributed by atoms with E-state index in [9.17, 15) is 14.9 Å². The van der Waals surface area contributed by atoms with E-state index in [1.165, 1.54) is 13.0 Å². The average Bonchev–Trinajstić information content (AvgIpc) is 2.43. The number of hydrogen-bond donors (Lipinski definition) is 2. The highest BCUT2D eigenvalue weighted by Crippen LogP contribution is 2.28. The quantitative estimate of drug-likeness (QED) is 0.431. The monoisotopic (exact) mass is 296 g/mol. The highest BCUT2D eigenvalue weighted by Gasteiger charge is 2.27. The number of nitro benzene ring substituents is 1. The van der Waals surface area contributed by atoms with Gasteiger partial charge in [-0.05, 0) is 37.8 Å². The van der Waals surface area contributed by atoms with Gasteiger partial charge in [-0.3, -0.25) is 14.9 Å². The molecule has 0 spiro atoms. The molecule has 1 rings (SSSR count). The zero-order chi connectivity index (χ0) is 16.0. The van der Waals surface area contributed by atoms with Gasteiger partial charge in [0.05, 0.1) is 11.5 Å². The van der Waals surface area contributed by atoms with Crippen LogP contribution in [0.1, 0.15) is 32.3 Å². The molecule has 1 atom stereocenters. The summed E-state index contributed by atoms with van der Waals surface area (Å²) in [5, 5.41) is 19.9. The third kappa shape index (κ3) is 4.71. The zero-order valence-corrected chi connectivity index (χ0v) is 12.2. The number of hydrogen-bond acceptors (Lipinski definition) is 5. The average molecular weight is 296 g/mol. The van der Waals surface area contributed by atoms with E-state index < -0.39 is 16.4 Å². The topological polar surface area (TPSA) is 116 Å². The molecule has 0 bridgehead atoms. The Morgan fingerprint density at radius 1 is 1.52 bits per heavy atom. The van der Waals surface area contributed by atoms with Gasteiger partial charge >= 0.3 is 11.7 Å². The number of nitrogens with two attached hydrogens (primary N) is 1. The van der Waals surface area contributed by atoms with Crippen molar-refractivity contribution in [2.24, 2.45) is 5.73 Å². The summed E-state index contributed by atoms with van der Waals surface area (Å²) >= 11 is 0. The summed E-state index contributed by atoms with van der Waals surface area (Å²) in [4.78, 5) is 21.4. The van der Waals surface area contributed by atoms with Gasteiger partial charge in [0.15, 0.2) is 5.75 Å². The number of benzene rings is 1. The molecule has 0 aliphatic carbocycles. The molecule has 0 radical (unpaired) electrons.